The first kappa shape index (κ1) is 13.5. The highest BCUT2D eigenvalue weighted by Gasteiger charge is 2.08. The van der Waals surface area contributed by atoms with Gasteiger partial charge in [-0.1, -0.05) is 54.2 Å². The van der Waals surface area contributed by atoms with E-state index >= 15 is 0 Å². The number of rotatable bonds is 4. The third-order valence-corrected chi connectivity index (χ3v) is 5.25. The highest BCUT2D eigenvalue weighted by atomic mass is 32.2. The largest absolute Gasteiger partial charge is 0.258 e. The fourth-order valence-corrected chi connectivity index (χ4v) is 3.90. The Hall–Kier alpha value is -2.18. The maximum atomic E-state index is 4.62. The Kier molecular flexibility index (Phi) is 3.62. The zero-order valence-corrected chi connectivity index (χ0v) is 13.2. The quantitative estimate of drug-likeness (QED) is 0.566. The predicted octanol–water partition coefficient (Wildman–Crippen LogP) is 4.37. The lowest BCUT2D eigenvalue weighted by Gasteiger charge is -1.93. The summed E-state index contributed by atoms with van der Waals surface area (Å²) in [5.74, 6) is 1.58. The minimum Gasteiger partial charge on any atom is -0.258 e. The first-order valence-corrected chi connectivity index (χ1v) is 8.64. The van der Waals surface area contributed by atoms with Gasteiger partial charge in [-0.3, -0.25) is 5.10 Å². The minimum atomic E-state index is 0.748. The number of aromatic amines is 1. The van der Waals surface area contributed by atoms with Crippen LogP contribution in [-0.2, 0) is 5.75 Å². The molecule has 0 amide bonds. The molecule has 0 saturated heterocycles. The van der Waals surface area contributed by atoms with Crippen LogP contribution in [0.2, 0.25) is 0 Å². The van der Waals surface area contributed by atoms with Gasteiger partial charge in [-0.25, -0.2) is 9.97 Å². The monoisotopic (exact) mass is 324 g/mol. The molecule has 22 heavy (non-hydrogen) atoms. The molecular formula is C16H12N4S2. The highest BCUT2D eigenvalue weighted by molar-refractivity contribution is 7.98. The summed E-state index contributed by atoms with van der Waals surface area (Å²) in [6.45, 7) is 0. The molecule has 0 aliphatic carbocycles. The smallest absolute Gasteiger partial charge is 0.209 e. The van der Waals surface area contributed by atoms with Crippen molar-refractivity contribution < 1.29 is 0 Å². The fourth-order valence-electron chi connectivity index (χ4n) is 2.14. The lowest BCUT2D eigenvalue weighted by Crippen LogP contribution is -1.81. The molecule has 0 aliphatic rings. The Bertz CT molecular complexity index is 866. The number of nitrogens with one attached hydrogen (secondary N) is 1. The summed E-state index contributed by atoms with van der Waals surface area (Å²) in [4.78, 5) is 9.15. The SMILES string of the molecule is c1ccc(-c2nc(SCc3nc4ccccc4s3)n[nH]2)cc1. The molecular weight excluding hydrogens is 312 g/mol. The van der Waals surface area contributed by atoms with Gasteiger partial charge in [0.05, 0.1) is 16.0 Å². The number of thiazole rings is 1. The second kappa shape index (κ2) is 5.90. The van der Waals surface area contributed by atoms with E-state index in [1.165, 1.54) is 4.70 Å². The molecule has 0 spiro atoms. The van der Waals surface area contributed by atoms with Crippen LogP contribution < -0.4 is 0 Å². The molecule has 0 fully saturated rings. The average molecular weight is 324 g/mol. The summed E-state index contributed by atoms with van der Waals surface area (Å²) in [5, 5.41) is 9.09. The van der Waals surface area contributed by atoms with Gasteiger partial charge >= 0.3 is 0 Å². The molecule has 2 aromatic heterocycles. The molecule has 2 heterocycles. The van der Waals surface area contributed by atoms with E-state index in [1.807, 2.05) is 48.5 Å². The molecule has 0 atom stereocenters. The van der Waals surface area contributed by atoms with Crippen LogP contribution in [0.15, 0.2) is 59.8 Å². The molecule has 0 saturated carbocycles. The van der Waals surface area contributed by atoms with E-state index in [0.29, 0.717) is 0 Å². The summed E-state index contributed by atoms with van der Waals surface area (Å²) in [7, 11) is 0. The number of benzene rings is 2. The van der Waals surface area contributed by atoms with Gasteiger partial charge in [-0.2, -0.15) is 0 Å². The number of nitrogens with zero attached hydrogens (tertiary/aromatic N) is 3. The van der Waals surface area contributed by atoms with Crippen molar-refractivity contribution in [3.05, 3.63) is 59.6 Å². The number of hydrogen-bond acceptors (Lipinski definition) is 5. The molecule has 1 N–H and O–H groups in total. The number of thioether (sulfide) groups is 1. The maximum Gasteiger partial charge on any atom is 0.209 e. The van der Waals surface area contributed by atoms with Crippen LogP contribution in [0, 0.1) is 0 Å². The Morgan fingerprint density at radius 1 is 0.955 bits per heavy atom. The lowest BCUT2D eigenvalue weighted by atomic mass is 10.2. The van der Waals surface area contributed by atoms with Crippen molar-refractivity contribution in [2.75, 3.05) is 0 Å². The van der Waals surface area contributed by atoms with Crippen molar-refractivity contribution in [3.63, 3.8) is 0 Å². The molecule has 4 aromatic rings. The van der Waals surface area contributed by atoms with Gasteiger partial charge in [0.15, 0.2) is 5.82 Å². The van der Waals surface area contributed by atoms with E-state index in [0.717, 1.165) is 32.8 Å². The number of hydrogen-bond donors (Lipinski definition) is 1. The van der Waals surface area contributed by atoms with Crippen molar-refractivity contribution in [1.29, 1.82) is 0 Å². The average Bonchev–Trinajstić information content (AvgIpc) is 3.20. The molecule has 0 aliphatic heterocycles. The second-order valence-corrected chi connectivity index (χ2v) is 6.75. The number of aromatic nitrogens is 4. The maximum absolute atomic E-state index is 4.62. The van der Waals surface area contributed by atoms with Crippen LogP contribution >= 0.6 is 23.1 Å². The van der Waals surface area contributed by atoms with E-state index in [9.17, 15) is 0 Å². The van der Waals surface area contributed by atoms with E-state index in [-0.39, 0.29) is 0 Å². The molecule has 0 unspecified atom stereocenters. The summed E-state index contributed by atoms with van der Waals surface area (Å²) in [6.07, 6.45) is 0. The van der Waals surface area contributed by atoms with Crippen LogP contribution in [0.4, 0.5) is 0 Å². The highest BCUT2D eigenvalue weighted by Crippen LogP contribution is 2.27. The van der Waals surface area contributed by atoms with Crippen molar-refractivity contribution >= 4 is 33.3 Å². The molecule has 4 rings (SSSR count). The molecule has 108 valence electrons. The molecule has 0 radical (unpaired) electrons. The third kappa shape index (κ3) is 2.75. The van der Waals surface area contributed by atoms with E-state index in [1.54, 1.807) is 23.1 Å². The molecule has 4 nitrogen and oxygen atoms in total. The van der Waals surface area contributed by atoms with Gasteiger partial charge in [-0.05, 0) is 12.1 Å². The molecule has 2 aromatic carbocycles. The number of para-hydroxylation sites is 1. The standard InChI is InChI=1S/C16H12N4S2/c1-2-6-11(7-3-1)15-18-16(20-19-15)21-10-14-17-12-8-4-5-9-13(12)22-14/h1-9H,10H2,(H,18,19,20). The Balaban J connectivity index is 1.49. The first-order valence-electron chi connectivity index (χ1n) is 6.83. The summed E-state index contributed by atoms with van der Waals surface area (Å²) in [6, 6.07) is 18.2. The topological polar surface area (TPSA) is 54.5 Å². The fraction of sp³-hybridized carbons (Fsp3) is 0.0625. The Morgan fingerprint density at radius 2 is 1.77 bits per heavy atom. The Labute approximate surface area is 135 Å². The first-order chi connectivity index (χ1) is 10.9. The summed E-state index contributed by atoms with van der Waals surface area (Å²) in [5.41, 5.74) is 2.10. The zero-order chi connectivity index (χ0) is 14.8. The van der Waals surface area contributed by atoms with Gasteiger partial charge in [0.2, 0.25) is 5.16 Å². The second-order valence-electron chi connectivity index (χ2n) is 4.70. The van der Waals surface area contributed by atoms with Crippen molar-refractivity contribution in [2.24, 2.45) is 0 Å². The van der Waals surface area contributed by atoms with Crippen LogP contribution in [0.25, 0.3) is 21.6 Å². The summed E-state index contributed by atoms with van der Waals surface area (Å²) < 4.78 is 1.22. The van der Waals surface area contributed by atoms with Crippen LogP contribution in [0.5, 0.6) is 0 Å². The Morgan fingerprint density at radius 3 is 2.64 bits per heavy atom. The normalized spacial score (nSPS) is 11.1. The lowest BCUT2D eigenvalue weighted by molar-refractivity contribution is 0.973. The number of H-pyrrole nitrogens is 1. The van der Waals surface area contributed by atoms with Crippen LogP contribution in [-0.4, -0.2) is 20.2 Å². The van der Waals surface area contributed by atoms with Crippen molar-refractivity contribution in [3.8, 4) is 11.4 Å². The van der Waals surface area contributed by atoms with Gasteiger partial charge in [0.25, 0.3) is 0 Å². The van der Waals surface area contributed by atoms with Gasteiger partial charge < -0.3 is 0 Å². The van der Waals surface area contributed by atoms with E-state index in [2.05, 4.69) is 26.2 Å². The van der Waals surface area contributed by atoms with Gasteiger partial charge in [0.1, 0.15) is 5.01 Å². The van der Waals surface area contributed by atoms with Gasteiger partial charge in [-0.15, -0.1) is 16.4 Å². The van der Waals surface area contributed by atoms with Crippen LogP contribution in [0.1, 0.15) is 5.01 Å². The molecule has 6 heteroatoms. The zero-order valence-electron chi connectivity index (χ0n) is 11.6. The third-order valence-electron chi connectivity index (χ3n) is 3.18. The molecule has 0 bridgehead atoms. The van der Waals surface area contributed by atoms with E-state index in [4.69, 9.17) is 0 Å². The van der Waals surface area contributed by atoms with Crippen molar-refractivity contribution in [1.82, 2.24) is 20.2 Å². The summed E-state index contributed by atoms with van der Waals surface area (Å²) >= 11 is 3.32. The minimum absolute atomic E-state index is 0.748. The number of fused-ring (bicyclic) bond motifs is 1. The van der Waals surface area contributed by atoms with Gasteiger partial charge in [0, 0.05) is 5.56 Å². The van der Waals surface area contributed by atoms with E-state index < -0.39 is 0 Å². The van der Waals surface area contributed by atoms with Crippen molar-refractivity contribution in [2.45, 2.75) is 10.9 Å². The van der Waals surface area contributed by atoms with Crippen LogP contribution in [0.3, 0.4) is 0 Å². The predicted molar refractivity (Wildman–Crippen MR) is 91.0 cm³/mol.